The summed E-state index contributed by atoms with van der Waals surface area (Å²) in [5, 5.41) is 0. The molecule has 1 saturated heterocycles. The second-order valence-electron chi connectivity index (χ2n) is 4.60. The largest absolute Gasteiger partial charge is 0.392 e. The van der Waals surface area contributed by atoms with Gasteiger partial charge < -0.3 is 5.73 Å². The van der Waals surface area contributed by atoms with Gasteiger partial charge in [0.15, 0.2) is 0 Å². The number of thiocarbonyl (C=S) groups is 1. The molecule has 110 valence electrons. The molecule has 1 aromatic rings. The molecule has 1 atom stereocenters. The Morgan fingerprint density at radius 2 is 2.05 bits per heavy atom. The number of halogens is 2. The zero-order chi connectivity index (χ0) is 14.9. The van der Waals surface area contributed by atoms with Gasteiger partial charge in [0.25, 0.3) is 0 Å². The van der Waals surface area contributed by atoms with Gasteiger partial charge in [-0.15, -0.1) is 0 Å². The zero-order valence-electron chi connectivity index (χ0n) is 10.6. The summed E-state index contributed by atoms with van der Waals surface area (Å²) in [6.45, 7) is 0.195. The van der Waals surface area contributed by atoms with Crippen LogP contribution in [-0.4, -0.2) is 30.3 Å². The molecule has 0 aromatic heterocycles. The molecule has 1 aliphatic heterocycles. The first-order chi connectivity index (χ1) is 9.34. The van der Waals surface area contributed by atoms with E-state index < -0.39 is 32.6 Å². The lowest BCUT2D eigenvalue weighted by atomic mass is 10.1. The summed E-state index contributed by atoms with van der Waals surface area (Å²) in [6, 6.07) is 1.69. The van der Waals surface area contributed by atoms with Crippen molar-refractivity contribution in [1.82, 2.24) is 4.31 Å². The summed E-state index contributed by atoms with van der Waals surface area (Å²) in [5.74, 6) is -1.80. The molecule has 1 aliphatic rings. The first-order valence-corrected chi connectivity index (χ1v) is 7.95. The maximum absolute atomic E-state index is 13.7. The summed E-state index contributed by atoms with van der Waals surface area (Å²) in [7, 11) is -4.16. The standard InChI is InChI=1S/C12H14F2N2O2S2/c13-8-4-5-9(14)11(7-8)20(17,18)16-6-2-1-3-10(16)12(15)19/h4-5,7,10H,1-3,6H2,(H2,15,19). The van der Waals surface area contributed by atoms with Gasteiger partial charge in [-0.2, -0.15) is 4.31 Å². The van der Waals surface area contributed by atoms with E-state index in [4.69, 9.17) is 18.0 Å². The Kier molecular flexibility index (Phi) is 4.36. The summed E-state index contributed by atoms with van der Waals surface area (Å²) in [4.78, 5) is -0.634. The van der Waals surface area contributed by atoms with Crippen molar-refractivity contribution in [2.24, 2.45) is 5.73 Å². The Balaban J connectivity index is 2.47. The van der Waals surface area contributed by atoms with Crippen LogP contribution in [0.3, 0.4) is 0 Å². The fraction of sp³-hybridized carbons (Fsp3) is 0.417. The summed E-state index contributed by atoms with van der Waals surface area (Å²) in [5.41, 5.74) is 5.56. The van der Waals surface area contributed by atoms with Gasteiger partial charge in [0.05, 0.1) is 11.0 Å². The van der Waals surface area contributed by atoms with E-state index in [0.717, 1.165) is 22.9 Å². The number of benzene rings is 1. The monoisotopic (exact) mass is 320 g/mol. The van der Waals surface area contributed by atoms with Gasteiger partial charge in [-0.1, -0.05) is 18.6 Å². The van der Waals surface area contributed by atoms with Crippen LogP contribution in [0.4, 0.5) is 8.78 Å². The van der Waals surface area contributed by atoms with E-state index in [1.165, 1.54) is 0 Å². The number of hydrogen-bond acceptors (Lipinski definition) is 3. The minimum Gasteiger partial charge on any atom is -0.392 e. The van der Waals surface area contributed by atoms with Crippen LogP contribution in [0.15, 0.2) is 23.1 Å². The summed E-state index contributed by atoms with van der Waals surface area (Å²) in [6.07, 6.45) is 1.92. The highest BCUT2D eigenvalue weighted by atomic mass is 32.2. The van der Waals surface area contributed by atoms with Gasteiger partial charge in [0.1, 0.15) is 16.5 Å². The number of rotatable bonds is 3. The van der Waals surface area contributed by atoms with Crippen molar-refractivity contribution < 1.29 is 17.2 Å². The van der Waals surface area contributed by atoms with Crippen LogP contribution >= 0.6 is 12.2 Å². The molecule has 2 N–H and O–H groups in total. The average molecular weight is 320 g/mol. The Hall–Kier alpha value is -1.12. The van der Waals surface area contributed by atoms with Gasteiger partial charge in [-0.05, 0) is 31.0 Å². The van der Waals surface area contributed by atoms with Crippen LogP contribution in [0.5, 0.6) is 0 Å². The van der Waals surface area contributed by atoms with E-state index in [1.54, 1.807) is 0 Å². The van der Waals surface area contributed by atoms with Crippen LogP contribution in [-0.2, 0) is 10.0 Å². The van der Waals surface area contributed by atoms with Crippen LogP contribution in [0.25, 0.3) is 0 Å². The predicted octanol–water partition coefficient (Wildman–Crippen LogP) is 1.79. The average Bonchev–Trinajstić information content (AvgIpc) is 2.41. The lowest BCUT2D eigenvalue weighted by Crippen LogP contribution is -2.49. The molecule has 0 amide bonds. The molecular formula is C12H14F2N2O2S2. The van der Waals surface area contributed by atoms with E-state index in [0.29, 0.717) is 18.9 Å². The minimum atomic E-state index is -4.16. The summed E-state index contributed by atoms with van der Waals surface area (Å²) < 4.78 is 52.9. The quantitative estimate of drug-likeness (QED) is 0.863. The molecule has 1 fully saturated rings. The molecule has 1 aromatic carbocycles. The molecule has 0 spiro atoms. The third-order valence-electron chi connectivity index (χ3n) is 3.26. The second-order valence-corrected chi connectivity index (χ2v) is 6.93. The molecule has 0 aliphatic carbocycles. The van der Waals surface area contributed by atoms with Crippen LogP contribution in [0.1, 0.15) is 19.3 Å². The minimum absolute atomic E-state index is 0.0464. The van der Waals surface area contributed by atoms with E-state index in [-0.39, 0.29) is 11.5 Å². The molecule has 1 unspecified atom stereocenters. The highest BCUT2D eigenvalue weighted by Crippen LogP contribution is 2.27. The third-order valence-corrected chi connectivity index (χ3v) is 5.46. The zero-order valence-corrected chi connectivity index (χ0v) is 12.2. The van der Waals surface area contributed by atoms with Crippen LogP contribution < -0.4 is 5.73 Å². The first kappa shape index (κ1) is 15.3. The molecule has 8 heteroatoms. The molecule has 1 heterocycles. The maximum Gasteiger partial charge on any atom is 0.246 e. The van der Waals surface area contributed by atoms with Gasteiger partial charge in [-0.25, -0.2) is 17.2 Å². The summed E-state index contributed by atoms with van der Waals surface area (Å²) >= 11 is 4.87. The van der Waals surface area contributed by atoms with Gasteiger partial charge in [0.2, 0.25) is 10.0 Å². The van der Waals surface area contributed by atoms with Crippen LogP contribution in [0, 0.1) is 11.6 Å². The normalized spacial score (nSPS) is 20.8. The fourth-order valence-electron chi connectivity index (χ4n) is 2.28. The molecule has 4 nitrogen and oxygen atoms in total. The van der Waals surface area contributed by atoms with Crippen molar-refractivity contribution in [2.75, 3.05) is 6.54 Å². The van der Waals surface area contributed by atoms with Gasteiger partial charge in [-0.3, -0.25) is 0 Å². The van der Waals surface area contributed by atoms with Crippen LogP contribution in [0.2, 0.25) is 0 Å². The van der Waals surface area contributed by atoms with E-state index in [1.807, 2.05) is 0 Å². The molecule has 0 radical (unpaired) electrons. The van der Waals surface area contributed by atoms with Crippen molar-refractivity contribution >= 4 is 27.2 Å². The smallest absolute Gasteiger partial charge is 0.246 e. The SMILES string of the molecule is NC(=S)C1CCCCN1S(=O)(=O)c1cc(F)ccc1F. The molecule has 2 rings (SSSR count). The van der Waals surface area contributed by atoms with Crippen molar-refractivity contribution in [3.05, 3.63) is 29.8 Å². The Bertz CT molecular complexity index is 634. The lowest BCUT2D eigenvalue weighted by molar-refractivity contribution is 0.305. The molecular weight excluding hydrogens is 306 g/mol. The Morgan fingerprint density at radius 1 is 1.35 bits per heavy atom. The number of piperidine rings is 1. The van der Waals surface area contributed by atoms with Crippen molar-refractivity contribution in [1.29, 1.82) is 0 Å². The van der Waals surface area contributed by atoms with Crippen molar-refractivity contribution in [2.45, 2.75) is 30.2 Å². The van der Waals surface area contributed by atoms with Gasteiger partial charge >= 0.3 is 0 Å². The topological polar surface area (TPSA) is 63.4 Å². The number of hydrogen-bond donors (Lipinski definition) is 1. The Labute approximate surface area is 121 Å². The van der Waals surface area contributed by atoms with Crippen molar-refractivity contribution in [3.63, 3.8) is 0 Å². The van der Waals surface area contributed by atoms with E-state index in [2.05, 4.69) is 0 Å². The third kappa shape index (κ3) is 2.82. The number of nitrogens with zero attached hydrogens (tertiary/aromatic N) is 1. The highest BCUT2D eigenvalue weighted by Gasteiger charge is 2.36. The second kappa shape index (κ2) is 5.71. The van der Waals surface area contributed by atoms with E-state index >= 15 is 0 Å². The fourth-order valence-corrected chi connectivity index (χ4v) is 4.34. The Morgan fingerprint density at radius 3 is 2.70 bits per heavy atom. The van der Waals surface area contributed by atoms with E-state index in [9.17, 15) is 17.2 Å². The first-order valence-electron chi connectivity index (χ1n) is 6.10. The molecule has 0 saturated carbocycles. The number of nitrogens with two attached hydrogens (primary N) is 1. The van der Waals surface area contributed by atoms with Gasteiger partial charge in [0, 0.05) is 6.54 Å². The predicted molar refractivity (Wildman–Crippen MR) is 74.7 cm³/mol. The maximum atomic E-state index is 13.7. The highest BCUT2D eigenvalue weighted by molar-refractivity contribution is 7.89. The molecule has 0 bridgehead atoms. The van der Waals surface area contributed by atoms with Crippen molar-refractivity contribution in [3.8, 4) is 0 Å². The lowest BCUT2D eigenvalue weighted by Gasteiger charge is -2.33. The number of sulfonamides is 1. The molecule has 20 heavy (non-hydrogen) atoms.